The second-order valence-corrected chi connectivity index (χ2v) is 3.65. The van der Waals surface area contributed by atoms with Gasteiger partial charge in [-0.3, -0.25) is 0 Å². The Bertz CT molecular complexity index is 399. The first-order valence-electron chi connectivity index (χ1n) is 4.58. The first kappa shape index (κ1) is 9.19. The summed E-state index contributed by atoms with van der Waals surface area (Å²) in [6.45, 7) is 3.44. The van der Waals surface area contributed by atoms with Crippen molar-refractivity contribution in [1.29, 1.82) is 0 Å². The van der Waals surface area contributed by atoms with Crippen molar-refractivity contribution < 1.29 is 13.9 Å². The Morgan fingerprint density at radius 1 is 1.50 bits per heavy atom. The Labute approximate surface area is 81.7 Å². The Hall–Kier alpha value is -1.38. The molecule has 1 heterocycles. The fourth-order valence-corrected chi connectivity index (χ4v) is 1.70. The number of rotatable bonds is 0. The number of cyclic esters (lactones) is 1. The summed E-state index contributed by atoms with van der Waals surface area (Å²) in [5, 5.41) is 0. The number of halogens is 1. The summed E-state index contributed by atoms with van der Waals surface area (Å²) in [5.41, 5.74) is 1.34. The van der Waals surface area contributed by atoms with Crippen LogP contribution in [-0.4, -0.2) is 12.1 Å². The number of aryl methyl sites for hydroxylation is 1. The van der Waals surface area contributed by atoms with E-state index < -0.39 is 11.8 Å². The van der Waals surface area contributed by atoms with Gasteiger partial charge in [-0.2, -0.15) is 0 Å². The molecule has 0 saturated heterocycles. The van der Waals surface area contributed by atoms with Gasteiger partial charge in [0, 0.05) is 6.42 Å². The minimum Gasteiger partial charge on any atom is -0.459 e. The summed E-state index contributed by atoms with van der Waals surface area (Å²) in [6.07, 6.45) is 0.440. The van der Waals surface area contributed by atoms with Crippen LogP contribution in [-0.2, 0) is 11.2 Å². The third-order valence-electron chi connectivity index (χ3n) is 2.44. The van der Waals surface area contributed by atoms with E-state index in [0.717, 1.165) is 5.56 Å². The van der Waals surface area contributed by atoms with Gasteiger partial charge in [0.15, 0.2) is 0 Å². The molecule has 0 bridgehead atoms. The second kappa shape index (κ2) is 3.08. The molecule has 0 N–H and O–H groups in total. The van der Waals surface area contributed by atoms with Crippen molar-refractivity contribution in [3.05, 3.63) is 34.6 Å². The Balaban J connectivity index is 2.60. The molecule has 1 unspecified atom stereocenters. The summed E-state index contributed by atoms with van der Waals surface area (Å²) in [6, 6.07) is 3.49. The summed E-state index contributed by atoms with van der Waals surface area (Å²) < 4.78 is 18.5. The molecular formula is C11H11FO2. The molecule has 1 aliphatic rings. The van der Waals surface area contributed by atoms with Gasteiger partial charge in [-0.15, -0.1) is 0 Å². The number of fused-ring (bicyclic) bond motifs is 1. The van der Waals surface area contributed by atoms with Crippen LogP contribution in [0.3, 0.4) is 0 Å². The van der Waals surface area contributed by atoms with Crippen LogP contribution in [0.25, 0.3) is 0 Å². The van der Waals surface area contributed by atoms with E-state index in [1.165, 1.54) is 0 Å². The van der Waals surface area contributed by atoms with Crippen LogP contribution < -0.4 is 0 Å². The van der Waals surface area contributed by atoms with Gasteiger partial charge in [0.2, 0.25) is 0 Å². The lowest BCUT2D eigenvalue weighted by Crippen LogP contribution is -2.26. The zero-order valence-electron chi connectivity index (χ0n) is 8.13. The summed E-state index contributed by atoms with van der Waals surface area (Å²) in [5.74, 6) is -0.987. The van der Waals surface area contributed by atoms with Gasteiger partial charge in [-0.05, 0) is 25.0 Å². The average Bonchev–Trinajstić information content (AvgIpc) is 2.10. The number of carbonyl (C=O) groups is 1. The molecule has 3 heteroatoms. The van der Waals surface area contributed by atoms with Crippen molar-refractivity contribution >= 4 is 5.97 Å². The number of carbonyl (C=O) groups excluding carboxylic acids is 1. The van der Waals surface area contributed by atoms with Gasteiger partial charge in [0.05, 0.1) is 5.56 Å². The summed E-state index contributed by atoms with van der Waals surface area (Å²) in [7, 11) is 0. The van der Waals surface area contributed by atoms with Crippen LogP contribution in [0, 0.1) is 12.7 Å². The van der Waals surface area contributed by atoms with Gasteiger partial charge in [0.25, 0.3) is 0 Å². The highest BCUT2D eigenvalue weighted by Crippen LogP contribution is 2.24. The minimum atomic E-state index is -0.542. The molecule has 0 spiro atoms. The third kappa shape index (κ3) is 1.29. The molecule has 1 aromatic carbocycles. The number of hydrogen-bond acceptors (Lipinski definition) is 2. The molecule has 1 aliphatic heterocycles. The van der Waals surface area contributed by atoms with E-state index in [1.54, 1.807) is 26.0 Å². The maximum Gasteiger partial charge on any atom is 0.341 e. The molecule has 0 saturated carbocycles. The normalized spacial score (nSPS) is 20.2. The monoisotopic (exact) mass is 194 g/mol. The van der Waals surface area contributed by atoms with Crippen LogP contribution in [0.1, 0.15) is 28.4 Å². The zero-order chi connectivity index (χ0) is 10.3. The summed E-state index contributed by atoms with van der Waals surface area (Å²) in [4.78, 5) is 11.4. The number of esters is 1. The molecular weight excluding hydrogens is 183 g/mol. The Morgan fingerprint density at radius 2 is 2.21 bits per heavy atom. The van der Waals surface area contributed by atoms with Crippen molar-refractivity contribution in [3.63, 3.8) is 0 Å². The van der Waals surface area contributed by atoms with Crippen molar-refractivity contribution in [3.8, 4) is 0 Å². The van der Waals surface area contributed by atoms with Crippen LogP contribution in [0.2, 0.25) is 0 Å². The zero-order valence-corrected chi connectivity index (χ0v) is 8.13. The maximum absolute atomic E-state index is 13.6. The van der Waals surface area contributed by atoms with Crippen LogP contribution in [0.4, 0.5) is 4.39 Å². The smallest absolute Gasteiger partial charge is 0.341 e. The Morgan fingerprint density at radius 3 is 2.93 bits per heavy atom. The Kier molecular flexibility index (Phi) is 2.02. The highest BCUT2D eigenvalue weighted by molar-refractivity contribution is 5.92. The van der Waals surface area contributed by atoms with Crippen LogP contribution in [0.15, 0.2) is 12.1 Å². The van der Waals surface area contributed by atoms with E-state index in [2.05, 4.69) is 0 Å². The van der Waals surface area contributed by atoms with Crippen molar-refractivity contribution in [2.45, 2.75) is 26.4 Å². The molecule has 1 atom stereocenters. The maximum atomic E-state index is 13.6. The lowest BCUT2D eigenvalue weighted by molar-refractivity contribution is 0.0294. The molecule has 2 rings (SSSR count). The molecule has 1 aromatic rings. The molecule has 0 amide bonds. The molecule has 0 radical (unpaired) electrons. The van der Waals surface area contributed by atoms with Crippen molar-refractivity contribution in [2.75, 3.05) is 0 Å². The van der Waals surface area contributed by atoms with Crippen LogP contribution in [0.5, 0.6) is 0 Å². The number of hydrogen-bond donors (Lipinski definition) is 0. The van der Waals surface area contributed by atoms with Gasteiger partial charge >= 0.3 is 5.97 Å². The van der Waals surface area contributed by atoms with E-state index in [-0.39, 0.29) is 11.7 Å². The van der Waals surface area contributed by atoms with Crippen molar-refractivity contribution in [1.82, 2.24) is 0 Å². The second-order valence-electron chi connectivity index (χ2n) is 3.65. The SMILES string of the molecule is Cc1ccc2c(c1F)C(=O)OC(C)C2. The fourth-order valence-electron chi connectivity index (χ4n) is 1.70. The molecule has 0 aliphatic carbocycles. The highest BCUT2D eigenvalue weighted by Gasteiger charge is 2.27. The van der Waals surface area contributed by atoms with E-state index in [4.69, 9.17) is 4.74 Å². The first-order chi connectivity index (χ1) is 6.59. The lowest BCUT2D eigenvalue weighted by atomic mass is 9.97. The van der Waals surface area contributed by atoms with Gasteiger partial charge in [-0.25, -0.2) is 9.18 Å². The molecule has 0 aromatic heterocycles. The van der Waals surface area contributed by atoms with Gasteiger partial charge in [-0.1, -0.05) is 12.1 Å². The fraction of sp³-hybridized carbons (Fsp3) is 0.364. The van der Waals surface area contributed by atoms with E-state index in [0.29, 0.717) is 12.0 Å². The largest absolute Gasteiger partial charge is 0.459 e. The molecule has 2 nitrogen and oxygen atoms in total. The van der Waals surface area contributed by atoms with E-state index in [9.17, 15) is 9.18 Å². The van der Waals surface area contributed by atoms with E-state index in [1.807, 2.05) is 0 Å². The predicted octanol–water partition coefficient (Wildman–Crippen LogP) is 2.24. The number of ether oxygens (including phenoxy) is 1. The van der Waals surface area contributed by atoms with Gasteiger partial charge < -0.3 is 4.74 Å². The minimum absolute atomic E-state index is 0.114. The van der Waals surface area contributed by atoms with Crippen LogP contribution >= 0.6 is 0 Å². The summed E-state index contributed by atoms with van der Waals surface area (Å²) >= 11 is 0. The third-order valence-corrected chi connectivity index (χ3v) is 2.44. The molecule has 14 heavy (non-hydrogen) atoms. The molecule has 0 fully saturated rings. The lowest BCUT2D eigenvalue weighted by Gasteiger charge is -2.22. The van der Waals surface area contributed by atoms with Gasteiger partial charge in [0.1, 0.15) is 11.9 Å². The predicted molar refractivity (Wildman–Crippen MR) is 49.7 cm³/mol. The topological polar surface area (TPSA) is 26.3 Å². The molecule has 74 valence electrons. The first-order valence-corrected chi connectivity index (χ1v) is 4.58. The quantitative estimate of drug-likeness (QED) is 0.592. The average molecular weight is 194 g/mol. The highest BCUT2D eigenvalue weighted by atomic mass is 19.1. The van der Waals surface area contributed by atoms with E-state index >= 15 is 0 Å². The standard InChI is InChI=1S/C11H11FO2/c1-6-3-4-8-5-7(2)14-11(13)9(8)10(6)12/h3-4,7H,5H2,1-2H3. The van der Waals surface area contributed by atoms with Crippen molar-refractivity contribution in [2.24, 2.45) is 0 Å². The number of benzene rings is 1.